The molecule has 24 heavy (non-hydrogen) atoms. The topological polar surface area (TPSA) is 118 Å². The van der Waals surface area contributed by atoms with Gasteiger partial charge in [-0.3, -0.25) is 14.3 Å². The predicted octanol–water partition coefficient (Wildman–Crippen LogP) is 1.72. The smallest absolute Gasteiger partial charge is 0.255 e. The van der Waals surface area contributed by atoms with E-state index in [1.807, 2.05) is 0 Å². The first-order valence-electron chi connectivity index (χ1n) is 6.96. The van der Waals surface area contributed by atoms with Crippen molar-refractivity contribution >= 4 is 33.2 Å². The summed E-state index contributed by atoms with van der Waals surface area (Å²) in [7, 11) is -3.40. The number of rotatable bonds is 5. The maximum absolute atomic E-state index is 12.3. The van der Waals surface area contributed by atoms with Gasteiger partial charge in [0, 0.05) is 5.56 Å². The predicted molar refractivity (Wildman–Crippen MR) is 92.6 cm³/mol. The van der Waals surface area contributed by atoms with Gasteiger partial charge in [-0.2, -0.15) is 0 Å². The van der Waals surface area contributed by atoms with E-state index < -0.39 is 21.8 Å². The van der Waals surface area contributed by atoms with Crippen LogP contribution in [0.5, 0.6) is 0 Å². The first-order chi connectivity index (χ1) is 11.2. The molecule has 0 aliphatic rings. The molecule has 0 unspecified atom stereocenters. The second kappa shape index (κ2) is 6.71. The van der Waals surface area contributed by atoms with E-state index in [-0.39, 0.29) is 5.56 Å². The molecular weight excluding hydrogens is 330 g/mol. The molecule has 2 rings (SSSR count). The Bertz CT molecular complexity index is 907. The maximum atomic E-state index is 12.3. The number of sulfonamides is 1. The van der Waals surface area contributed by atoms with Gasteiger partial charge in [0.05, 0.1) is 23.2 Å². The molecule has 0 aliphatic carbocycles. The van der Waals surface area contributed by atoms with Crippen molar-refractivity contribution in [1.82, 2.24) is 0 Å². The molecule has 2 aromatic carbocycles. The molecule has 2 amide bonds. The highest BCUT2D eigenvalue weighted by Gasteiger charge is 2.13. The van der Waals surface area contributed by atoms with Gasteiger partial charge in [-0.25, -0.2) is 8.42 Å². The molecule has 0 bridgehead atoms. The van der Waals surface area contributed by atoms with Crippen LogP contribution in [0.2, 0.25) is 0 Å². The Kier molecular flexibility index (Phi) is 4.89. The minimum Gasteiger partial charge on any atom is -0.366 e. The summed E-state index contributed by atoms with van der Waals surface area (Å²) in [5, 5.41) is 2.62. The number of benzene rings is 2. The van der Waals surface area contributed by atoms with Crippen LogP contribution in [0.3, 0.4) is 0 Å². The number of para-hydroxylation sites is 1. The average Bonchev–Trinajstić information content (AvgIpc) is 2.48. The van der Waals surface area contributed by atoms with E-state index in [2.05, 4.69) is 10.0 Å². The van der Waals surface area contributed by atoms with Gasteiger partial charge in [-0.15, -0.1) is 0 Å². The monoisotopic (exact) mass is 347 g/mol. The molecule has 0 saturated heterocycles. The summed E-state index contributed by atoms with van der Waals surface area (Å²) in [6.07, 6.45) is 1.05. The van der Waals surface area contributed by atoms with Gasteiger partial charge in [0.25, 0.3) is 11.8 Å². The third-order valence-corrected chi connectivity index (χ3v) is 3.82. The van der Waals surface area contributed by atoms with Crippen LogP contribution in [0.1, 0.15) is 26.3 Å². The van der Waals surface area contributed by atoms with Gasteiger partial charge < -0.3 is 11.1 Å². The van der Waals surface area contributed by atoms with Gasteiger partial charge in [0.2, 0.25) is 10.0 Å². The summed E-state index contributed by atoms with van der Waals surface area (Å²) >= 11 is 0. The molecular formula is C16H17N3O4S. The van der Waals surface area contributed by atoms with Gasteiger partial charge in [0.15, 0.2) is 0 Å². The first-order valence-corrected chi connectivity index (χ1v) is 8.85. The molecule has 7 nitrogen and oxygen atoms in total. The summed E-state index contributed by atoms with van der Waals surface area (Å²) < 4.78 is 24.9. The van der Waals surface area contributed by atoms with Gasteiger partial charge in [-0.1, -0.05) is 12.1 Å². The number of nitrogens with two attached hydrogens (primary N) is 1. The summed E-state index contributed by atoms with van der Waals surface area (Å²) in [6.45, 7) is 1.68. The molecule has 8 heteroatoms. The van der Waals surface area contributed by atoms with E-state index in [4.69, 9.17) is 5.73 Å². The quantitative estimate of drug-likeness (QED) is 0.763. The van der Waals surface area contributed by atoms with Crippen molar-refractivity contribution in [3.05, 3.63) is 59.2 Å². The average molecular weight is 347 g/mol. The van der Waals surface area contributed by atoms with E-state index in [1.54, 1.807) is 31.2 Å². The van der Waals surface area contributed by atoms with Crippen molar-refractivity contribution in [2.75, 3.05) is 16.3 Å². The number of carbonyl (C=O) groups excluding carboxylic acids is 2. The lowest BCUT2D eigenvalue weighted by atomic mass is 10.1. The molecule has 2 aromatic rings. The molecule has 0 heterocycles. The fourth-order valence-corrected chi connectivity index (χ4v) is 2.75. The molecule has 126 valence electrons. The van der Waals surface area contributed by atoms with Crippen LogP contribution in [0.15, 0.2) is 42.5 Å². The number of nitrogens with one attached hydrogen (secondary N) is 2. The van der Waals surface area contributed by atoms with Crippen LogP contribution in [0.25, 0.3) is 0 Å². The SMILES string of the molecule is Cc1cc(C(=O)Nc2ccccc2C(N)=O)ccc1NS(C)(=O)=O. The molecule has 0 aromatic heterocycles. The van der Waals surface area contributed by atoms with E-state index in [1.165, 1.54) is 18.2 Å². The number of primary amides is 1. The van der Waals surface area contributed by atoms with Crippen LogP contribution < -0.4 is 15.8 Å². The van der Waals surface area contributed by atoms with Crippen molar-refractivity contribution in [1.29, 1.82) is 0 Å². The summed E-state index contributed by atoms with van der Waals surface area (Å²) in [6, 6.07) is 11.0. The minimum atomic E-state index is -3.40. The zero-order chi connectivity index (χ0) is 17.9. The van der Waals surface area contributed by atoms with E-state index in [0.717, 1.165) is 6.26 Å². The largest absolute Gasteiger partial charge is 0.366 e. The fourth-order valence-electron chi connectivity index (χ4n) is 2.12. The highest BCUT2D eigenvalue weighted by Crippen LogP contribution is 2.20. The second-order valence-corrected chi connectivity index (χ2v) is 7.02. The van der Waals surface area contributed by atoms with Crippen LogP contribution >= 0.6 is 0 Å². The van der Waals surface area contributed by atoms with E-state index in [0.29, 0.717) is 22.5 Å². The van der Waals surface area contributed by atoms with Crippen LogP contribution in [0.4, 0.5) is 11.4 Å². The number of hydrogen-bond donors (Lipinski definition) is 3. The third kappa shape index (κ3) is 4.32. The normalized spacial score (nSPS) is 10.9. The van der Waals surface area contributed by atoms with Crippen molar-refractivity contribution in [2.24, 2.45) is 5.73 Å². The number of amides is 2. The number of aryl methyl sites for hydroxylation is 1. The molecule has 0 saturated carbocycles. The molecule has 0 spiro atoms. The standard InChI is InChI=1S/C16H17N3O4S/c1-10-9-11(7-8-13(10)19-24(2,22)23)16(21)18-14-6-4-3-5-12(14)15(17)20/h3-9,19H,1-2H3,(H2,17,20)(H,18,21). The lowest BCUT2D eigenvalue weighted by Gasteiger charge is -2.11. The van der Waals surface area contributed by atoms with Crippen LogP contribution in [-0.2, 0) is 10.0 Å². The summed E-state index contributed by atoms with van der Waals surface area (Å²) in [5.41, 5.74) is 7.11. The number of carbonyl (C=O) groups is 2. The number of hydrogen-bond acceptors (Lipinski definition) is 4. The highest BCUT2D eigenvalue weighted by atomic mass is 32.2. The van der Waals surface area contributed by atoms with Crippen molar-refractivity contribution in [3.8, 4) is 0 Å². The zero-order valence-electron chi connectivity index (χ0n) is 13.2. The molecule has 0 aliphatic heterocycles. The van der Waals surface area contributed by atoms with Gasteiger partial charge in [0.1, 0.15) is 0 Å². The maximum Gasteiger partial charge on any atom is 0.255 e. The van der Waals surface area contributed by atoms with E-state index in [9.17, 15) is 18.0 Å². The Labute approximate surface area is 139 Å². The zero-order valence-corrected chi connectivity index (χ0v) is 14.0. The Morgan fingerprint density at radius 1 is 1.04 bits per heavy atom. The Morgan fingerprint density at radius 3 is 2.29 bits per heavy atom. The summed E-state index contributed by atoms with van der Waals surface area (Å²) in [4.78, 5) is 23.7. The highest BCUT2D eigenvalue weighted by molar-refractivity contribution is 7.92. The second-order valence-electron chi connectivity index (χ2n) is 5.27. The molecule has 0 fully saturated rings. The van der Waals surface area contributed by atoms with Gasteiger partial charge in [-0.05, 0) is 42.8 Å². The lowest BCUT2D eigenvalue weighted by Crippen LogP contribution is -2.18. The Balaban J connectivity index is 2.25. The Hall–Kier alpha value is -2.87. The molecule has 0 radical (unpaired) electrons. The van der Waals surface area contributed by atoms with Gasteiger partial charge >= 0.3 is 0 Å². The van der Waals surface area contributed by atoms with Crippen molar-refractivity contribution in [2.45, 2.75) is 6.92 Å². The van der Waals surface area contributed by atoms with Crippen molar-refractivity contribution < 1.29 is 18.0 Å². The fraction of sp³-hybridized carbons (Fsp3) is 0.125. The first kappa shape index (κ1) is 17.5. The Morgan fingerprint density at radius 2 is 1.71 bits per heavy atom. The van der Waals surface area contributed by atoms with Crippen molar-refractivity contribution in [3.63, 3.8) is 0 Å². The van der Waals surface area contributed by atoms with Crippen LogP contribution in [0, 0.1) is 6.92 Å². The minimum absolute atomic E-state index is 0.206. The summed E-state index contributed by atoms with van der Waals surface area (Å²) in [5.74, 6) is -1.08. The van der Waals surface area contributed by atoms with Crippen LogP contribution in [-0.4, -0.2) is 26.5 Å². The van der Waals surface area contributed by atoms with E-state index >= 15 is 0 Å². The number of anilines is 2. The molecule has 0 atom stereocenters. The third-order valence-electron chi connectivity index (χ3n) is 3.22. The lowest BCUT2D eigenvalue weighted by molar-refractivity contribution is 0.100. The molecule has 4 N–H and O–H groups in total.